The summed E-state index contributed by atoms with van der Waals surface area (Å²) in [5.41, 5.74) is 4.76. The summed E-state index contributed by atoms with van der Waals surface area (Å²) in [7, 11) is 9.58. The Balaban J connectivity index is 1.46. The van der Waals surface area contributed by atoms with Crippen LogP contribution in [0.15, 0.2) is 65.1 Å². The van der Waals surface area contributed by atoms with Crippen LogP contribution >= 0.6 is 0 Å². The van der Waals surface area contributed by atoms with Crippen LogP contribution in [0, 0.1) is 0 Å². The van der Waals surface area contributed by atoms with Gasteiger partial charge in [-0.25, -0.2) is 9.37 Å². The molecule has 2 aromatic rings. The molecule has 3 aliphatic rings. The molecular formula is C33H35N4O6+. The first-order valence-corrected chi connectivity index (χ1v) is 14.1. The van der Waals surface area contributed by atoms with E-state index in [4.69, 9.17) is 9.25 Å². The van der Waals surface area contributed by atoms with Crippen molar-refractivity contribution in [3.8, 4) is 22.5 Å². The number of rotatable bonds is 8. The molecule has 0 aromatic heterocycles. The molecule has 0 bridgehead atoms. The van der Waals surface area contributed by atoms with Gasteiger partial charge in [0.15, 0.2) is 0 Å². The number of anilines is 1. The van der Waals surface area contributed by atoms with Crippen molar-refractivity contribution in [2.75, 3.05) is 46.7 Å². The molecule has 2 aromatic carbocycles. The van der Waals surface area contributed by atoms with Crippen molar-refractivity contribution in [2.24, 2.45) is 0 Å². The lowest BCUT2D eigenvalue weighted by Gasteiger charge is -2.22. The molecule has 10 nitrogen and oxygen atoms in total. The monoisotopic (exact) mass is 583 g/mol. The maximum Gasteiger partial charge on any atom is 0.333 e. The van der Waals surface area contributed by atoms with E-state index in [1.807, 2.05) is 92.3 Å². The Morgan fingerprint density at radius 3 is 2.35 bits per heavy atom. The van der Waals surface area contributed by atoms with Crippen molar-refractivity contribution in [2.45, 2.75) is 25.7 Å². The van der Waals surface area contributed by atoms with Crippen LogP contribution in [0.1, 0.15) is 36.0 Å². The molecule has 2 heterocycles. The van der Waals surface area contributed by atoms with Gasteiger partial charge in [-0.1, -0.05) is 18.2 Å². The van der Waals surface area contributed by atoms with Crippen LogP contribution in [-0.2, 0) is 19.2 Å². The molecule has 43 heavy (non-hydrogen) atoms. The minimum atomic E-state index is -0.690. The van der Waals surface area contributed by atoms with E-state index < -0.39 is 17.8 Å². The molecule has 10 heteroatoms. The van der Waals surface area contributed by atoms with Gasteiger partial charge < -0.3 is 19.1 Å². The van der Waals surface area contributed by atoms with Crippen LogP contribution < -0.4 is 14.8 Å². The van der Waals surface area contributed by atoms with Gasteiger partial charge >= 0.3 is 5.97 Å². The number of hydroxylamine groups is 2. The fraction of sp³-hybridized carbons (Fsp3) is 0.303. The first-order valence-electron chi connectivity index (χ1n) is 14.1. The van der Waals surface area contributed by atoms with Gasteiger partial charge in [-0.05, 0) is 36.2 Å². The molecule has 0 N–H and O–H groups in total. The van der Waals surface area contributed by atoms with E-state index in [0.29, 0.717) is 28.4 Å². The third-order valence-electron chi connectivity index (χ3n) is 7.57. The normalized spacial score (nSPS) is 13.1. The molecule has 1 fully saturated rings. The average Bonchev–Trinajstić information content (AvgIpc) is 3.30. The first-order chi connectivity index (χ1) is 20.5. The van der Waals surface area contributed by atoms with Gasteiger partial charge in [0.2, 0.25) is 5.36 Å². The molecular weight excluding hydrogens is 548 g/mol. The summed E-state index contributed by atoms with van der Waals surface area (Å²) in [6, 6.07) is 19.6. The van der Waals surface area contributed by atoms with Crippen LogP contribution in [0.2, 0.25) is 0 Å². The second-order valence-electron chi connectivity index (χ2n) is 11.0. The molecule has 222 valence electrons. The van der Waals surface area contributed by atoms with Crippen molar-refractivity contribution in [1.29, 1.82) is 0 Å². The summed E-state index contributed by atoms with van der Waals surface area (Å²) in [6.45, 7) is 0.272. The Labute approximate surface area is 249 Å². The lowest BCUT2D eigenvalue weighted by molar-refractivity contribution is -0.197. The highest BCUT2D eigenvalue weighted by Crippen LogP contribution is 2.42. The van der Waals surface area contributed by atoms with Gasteiger partial charge in [0.25, 0.3) is 17.7 Å². The smallest absolute Gasteiger partial charge is 0.333 e. The zero-order valence-corrected chi connectivity index (χ0v) is 25.0. The summed E-state index contributed by atoms with van der Waals surface area (Å²) >= 11 is 0. The number of benzene rings is 3. The zero-order chi connectivity index (χ0) is 30.8. The highest BCUT2D eigenvalue weighted by atomic mass is 16.7. The van der Waals surface area contributed by atoms with E-state index in [1.54, 1.807) is 18.0 Å². The fourth-order valence-corrected chi connectivity index (χ4v) is 5.17. The Morgan fingerprint density at radius 2 is 1.65 bits per heavy atom. The van der Waals surface area contributed by atoms with Gasteiger partial charge in [-0.15, -0.1) is 5.06 Å². The van der Waals surface area contributed by atoms with Crippen molar-refractivity contribution in [1.82, 2.24) is 14.5 Å². The number of carbonyl (C=O) groups excluding carboxylic acids is 4. The molecule has 1 saturated heterocycles. The predicted molar refractivity (Wildman–Crippen MR) is 163 cm³/mol. The van der Waals surface area contributed by atoms with E-state index in [1.165, 1.54) is 0 Å². The predicted octanol–water partition coefficient (Wildman–Crippen LogP) is 3.76. The molecule has 0 atom stereocenters. The van der Waals surface area contributed by atoms with Crippen molar-refractivity contribution in [3.63, 3.8) is 0 Å². The molecule has 0 saturated carbocycles. The average molecular weight is 584 g/mol. The summed E-state index contributed by atoms with van der Waals surface area (Å²) in [5, 5.41) is 2.41. The number of carbonyl (C=O) groups is 4. The van der Waals surface area contributed by atoms with Crippen LogP contribution in [0.3, 0.4) is 0 Å². The van der Waals surface area contributed by atoms with Crippen LogP contribution in [-0.4, -0.2) is 75.4 Å². The maximum atomic E-state index is 13.8. The first kappa shape index (κ1) is 29.5. The number of hydrogen-bond acceptors (Lipinski definition) is 7. The highest BCUT2D eigenvalue weighted by molar-refractivity contribution is 6.09. The zero-order valence-electron chi connectivity index (χ0n) is 25.0. The molecule has 1 aliphatic carbocycles. The van der Waals surface area contributed by atoms with Gasteiger partial charge in [0.05, 0.1) is 6.07 Å². The second-order valence-corrected chi connectivity index (χ2v) is 11.0. The highest BCUT2D eigenvalue weighted by Gasteiger charge is 2.32. The topological polar surface area (TPSA) is 103 Å². The summed E-state index contributed by atoms with van der Waals surface area (Å²) < 4.78 is 8.45. The van der Waals surface area contributed by atoms with Crippen molar-refractivity contribution < 1.29 is 28.4 Å². The number of amides is 3. The minimum absolute atomic E-state index is 0.0382. The SMILES string of the molecule is CN(CCCC(=O)ON1C(=O)CCC1=O)C(=O)c1ccccc1-c1c2ccc(=[N+](C)C)cc-2oc2cc(N(C)C)ccc12. The quantitative estimate of drug-likeness (QED) is 0.177. The van der Waals surface area contributed by atoms with Crippen molar-refractivity contribution in [3.05, 3.63) is 71.6 Å². The molecule has 0 spiro atoms. The van der Waals surface area contributed by atoms with E-state index in [-0.39, 0.29) is 31.7 Å². The van der Waals surface area contributed by atoms with E-state index in [2.05, 4.69) is 0 Å². The van der Waals surface area contributed by atoms with Gasteiger partial charge in [0, 0.05) is 86.8 Å². The number of hydrogen-bond donors (Lipinski definition) is 0. The van der Waals surface area contributed by atoms with E-state index in [0.717, 1.165) is 33.1 Å². The molecule has 3 amide bonds. The third kappa shape index (κ3) is 5.99. The van der Waals surface area contributed by atoms with E-state index >= 15 is 0 Å². The van der Waals surface area contributed by atoms with Gasteiger partial charge in [-0.3, -0.25) is 14.4 Å². The van der Waals surface area contributed by atoms with Crippen LogP contribution in [0.5, 0.6) is 0 Å². The van der Waals surface area contributed by atoms with E-state index in [9.17, 15) is 19.2 Å². The fourth-order valence-electron chi connectivity index (χ4n) is 5.17. The lowest BCUT2D eigenvalue weighted by Crippen LogP contribution is -2.32. The molecule has 0 unspecified atom stereocenters. The Bertz CT molecular complexity index is 1770. The van der Waals surface area contributed by atoms with Crippen LogP contribution in [0.25, 0.3) is 33.4 Å². The van der Waals surface area contributed by atoms with Crippen LogP contribution in [0.4, 0.5) is 5.69 Å². The Morgan fingerprint density at radius 1 is 0.930 bits per heavy atom. The number of imide groups is 1. The second kappa shape index (κ2) is 12.1. The summed E-state index contributed by atoms with van der Waals surface area (Å²) in [5.74, 6) is -1.23. The maximum absolute atomic E-state index is 13.8. The Hall–Kier alpha value is -4.99. The standard InChI is InChI=1S/C33H35N4O6/c1-34(2)21-12-14-25-27(19-21)42-28-20-22(35(3)4)13-15-26(28)32(25)23-9-6-7-10-24(23)33(41)36(5)18-8-11-31(40)43-37-29(38)16-17-30(37)39/h6-7,9-10,12-15,19-20H,8,11,16-18H2,1-5H3/q+1. The Kier molecular flexibility index (Phi) is 8.29. The molecule has 5 rings (SSSR count). The van der Waals surface area contributed by atoms with Gasteiger partial charge in [-0.2, -0.15) is 0 Å². The summed E-state index contributed by atoms with van der Waals surface area (Å²) in [4.78, 5) is 58.0. The molecule has 2 aliphatic heterocycles. The number of nitrogens with zero attached hydrogens (tertiary/aromatic N) is 4. The third-order valence-corrected chi connectivity index (χ3v) is 7.57. The van der Waals surface area contributed by atoms with Gasteiger partial charge in [0.1, 0.15) is 25.4 Å². The largest absolute Gasteiger partial charge is 0.456 e. The van der Waals surface area contributed by atoms with Crippen molar-refractivity contribution >= 4 is 40.3 Å². The minimum Gasteiger partial charge on any atom is -0.456 e. The molecule has 0 radical (unpaired) electrons. The number of fused-ring (bicyclic) bond motifs is 2. The lowest BCUT2D eigenvalue weighted by atomic mass is 9.90. The summed E-state index contributed by atoms with van der Waals surface area (Å²) in [6.07, 6.45) is 0.331.